The van der Waals surface area contributed by atoms with Crippen molar-refractivity contribution in [1.29, 1.82) is 0 Å². The zero-order valence-corrected chi connectivity index (χ0v) is 16.0. The van der Waals surface area contributed by atoms with Gasteiger partial charge in [0.15, 0.2) is 17.2 Å². The second kappa shape index (κ2) is 8.67. The van der Waals surface area contributed by atoms with Gasteiger partial charge in [-0.25, -0.2) is 9.97 Å². The number of halogens is 3. The number of hydrogen-bond donors (Lipinski definition) is 1. The van der Waals surface area contributed by atoms with Gasteiger partial charge in [0.2, 0.25) is 5.95 Å². The standard InChI is InChI=1S/C20H24F3N3O2/c1-27-16-9-8-13(12-17(16)28-2)10-11-24-19-25-15-7-5-3-4-6-14(15)18(26-19)20(21,22)23/h8-9,12H,3-7,10-11H2,1-2H3,(H,24,25,26). The summed E-state index contributed by atoms with van der Waals surface area (Å²) in [6, 6.07) is 5.54. The van der Waals surface area contributed by atoms with Gasteiger partial charge in [-0.3, -0.25) is 0 Å². The lowest BCUT2D eigenvalue weighted by Crippen LogP contribution is -2.18. The Bertz CT molecular complexity index is 825. The van der Waals surface area contributed by atoms with Gasteiger partial charge in [0.05, 0.1) is 14.2 Å². The van der Waals surface area contributed by atoms with Gasteiger partial charge in [0.25, 0.3) is 0 Å². The maximum Gasteiger partial charge on any atom is 0.433 e. The van der Waals surface area contributed by atoms with Gasteiger partial charge in [-0.1, -0.05) is 12.5 Å². The number of hydrogen-bond acceptors (Lipinski definition) is 5. The van der Waals surface area contributed by atoms with E-state index in [9.17, 15) is 13.2 Å². The lowest BCUT2D eigenvalue weighted by molar-refractivity contribution is -0.141. The van der Waals surface area contributed by atoms with Crippen molar-refractivity contribution in [2.24, 2.45) is 0 Å². The number of aromatic nitrogens is 2. The molecule has 0 bridgehead atoms. The lowest BCUT2D eigenvalue weighted by Gasteiger charge is -2.16. The topological polar surface area (TPSA) is 56.3 Å². The Morgan fingerprint density at radius 3 is 2.46 bits per heavy atom. The van der Waals surface area contributed by atoms with E-state index in [1.54, 1.807) is 20.3 Å². The van der Waals surface area contributed by atoms with Crippen LogP contribution in [-0.4, -0.2) is 30.7 Å². The third-order valence-corrected chi connectivity index (χ3v) is 4.85. The number of nitrogens with zero attached hydrogens (tertiary/aromatic N) is 2. The molecule has 5 nitrogen and oxygen atoms in total. The summed E-state index contributed by atoms with van der Waals surface area (Å²) in [6.45, 7) is 0.408. The molecule has 152 valence electrons. The molecule has 0 aliphatic heterocycles. The number of aryl methyl sites for hydroxylation is 1. The first-order valence-electron chi connectivity index (χ1n) is 9.34. The number of rotatable bonds is 6. The first-order chi connectivity index (χ1) is 13.4. The molecule has 2 aromatic rings. The van der Waals surface area contributed by atoms with Crippen LogP contribution in [0.2, 0.25) is 0 Å². The Kier molecular flexibility index (Phi) is 6.26. The van der Waals surface area contributed by atoms with E-state index in [0.29, 0.717) is 43.0 Å². The highest BCUT2D eigenvalue weighted by Gasteiger charge is 2.37. The van der Waals surface area contributed by atoms with Gasteiger partial charge >= 0.3 is 6.18 Å². The Balaban J connectivity index is 1.75. The molecule has 1 N–H and O–H groups in total. The van der Waals surface area contributed by atoms with E-state index in [1.165, 1.54) is 0 Å². The molecule has 0 saturated carbocycles. The summed E-state index contributed by atoms with van der Waals surface area (Å²) in [6.07, 6.45) is -0.436. The van der Waals surface area contributed by atoms with Crippen molar-refractivity contribution in [3.63, 3.8) is 0 Å². The molecule has 8 heteroatoms. The predicted molar refractivity (Wildman–Crippen MR) is 100 cm³/mol. The molecule has 0 spiro atoms. The van der Waals surface area contributed by atoms with Crippen LogP contribution in [0.25, 0.3) is 0 Å². The summed E-state index contributed by atoms with van der Waals surface area (Å²) in [5, 5.41) is 2.95. The summed E-state index contributed by atoms with van der Waals surface area (Å²) in [4.78, 5) is 8.17. The fourth-order valence-corrected chi connectivity index (χ4v) is 3.44. The Labute approximate surface area is 162 Å². The molecule has 0 atom stereocenters. The van der Waals surface area contributed by atoms with Crippen LogP contribution in [-0.2, 0) is 25.4 Å². The molecule has 0 radical (unpaired) electrons. The van der Waals surface area contributed by atoms with Crippen molar-refractivity contribution in [2.75, 3.05) is 26.1 Å². The number of benzene rings is 1. The molecular weight excluding hydrogens is 371 g/mol. The van der Waals surface area contributed by atoms with E-state index >= 15 is 0 Å². The van der Waals surface area contributed by atoms with Crippen LogP contribution < -0.4 is 14.8 Å². The van der Waals surface area contributed by atoms with Crippen LogP contribution >= 0.6 is 0 Å². The van der Waals surface area contributed by atoms with Gasteiger partial charge < -0.3 is 14.8 Å². The summed E-state index contributed by atoms with van der Waals surface area (Å²) in [7, 11) is 3.12. The van der Waals surface area contributed by atoms with Crippen molar-refractivity contribution in [3.05, 3.63) is 40.7 Å². The van der Waals surface area contributed by atoms with Crippen LogP contribution in [0, 0.1) is 0 Å². The first kappa shape index (κ1) is 20.2. The Hall–Kier alpha value is -2.51. The number of ether oxygens (including phenoxy) is 2. The van der Waals surface area contributed by atoms with Crippen molar-refractivity contribution in [2.45, 2.75) is 44.7 Å². The fraction of sp³-hybridized carbons (Fsp3) is 0.500. The molecule has 28 heavy (non-hydrogen) atoms. The number of anilines is 1. The average Bonchev–Trinajstić information content (AvgIpc) is 2.91. The highest BCUT2D eigenvalue weighted by molar-refractivity contribution is 5.43. The van der Waals surface area contributed by atoms with Gasteiger partial charge in [-0.05, 0) is 49.8 Å². The molecule has 1 aromatic carbocycles. The van der Waals surface area contributed by atoms with Gasteiger partial charge in [0.1, 0.15) is 0 Å². The second-order valence-corrected chi connectivity index (χ2v) is 6.75. The van der Waals surface area contributed by atoms with Crippen LogP contribution in [0.1, 0.15) is 41.8 Å². The molecule has 1 aliphatic carbocycles. The van der Waals surface area contributed by atoms with E-state index in [-0.39, 0.29) is 11.5 Å². The molecule has 0 amide bonds. The molecule has 0 unspecified atom stereocenters. The lowest BCUT2D eigenvalue weighted by atomic mass is 10.1. The third-order valence-electron chi connectivity index (χ3n) is 4.85. The molecule has 1 aliphatic rings. The molecule has 0 fully saturated rings. The van der Waals surface area contributed by atoms with E-state index in [0.717, 1.165) is 24.8 Å². The molecule has 3 rings (SSSR count). The summed E-state index contributed by atoms with van der Waals surface area (Å²) >= 11 is 0. The number of nitrogens with one attached hydrogen (secondary N) is 1. The van der Waals surface area contributed by atoms with E-state index < -0.39 is 11.9 Å². The van der Waals surface area contributed by atoms with Crippen LogP contribution in [0.15, 0.2) is 18.2 Å². The maximum absolute atomic E-state index is 13.5. The van der Waals surface area contributed by atoms with Crippen LogP contribution in [0.4, 0.5) is 19.1 Å². The van der Waals surface area contributed by atoms with Crippen molar-refractivity contribution in [1.82, 2.24) is 9.97 Å². The smallest absolute Gasteiger partial charge is 0.433 e. The van der Waals surface area contributed by atoms with Crippen LogP contribution in [0.3, 0.4) is 0 Å². The quantitative estimate of drug-likeness (QED) is 0.733. The normalized spacial score (nSPS) is 14.2. The minimum absolute atomic E-state index is 0.0356. The van der Waals surface area contributed by atoms with Gasteiger partial charge in [-0.2, -0.15) is 13.2 Å². The van der Waals surface area contributed by atoms with E-state index in [2.05, 4.69) is 15.3 Å². The van der Waals surface area contributed by atoms with Gasteiger partial charge in [-0.15, -0.1) is 0 Å². The minimum atomic E-state index is -4.48. The number of methoxy groups -OCH3 is 2. The predicted octanol–water partition coefficient (Wildman–Crippen LogP) is 4.44. The minimum Gasteiger partial charge on any atom is -0.493 e. The van der Waals surface area contributed by atoms with Crippen molar-refractivity contribution in [3.8, 4) is 11.5 Å². The molecule has 1 aromatic heterocycles. The second-order valence-electron chi connectivity index (χ2n) is 6.75. The maximum atomic E-state index is 13.5. The molecular formula is C20H24F3N3O2. The van der Waals surface area contributed by atoms with Gasteiger partial charge in [0, 0.05) is 17.8 Å². The third kappa shape index (κ3) is 4.66. The number of fused-ring (bicyclic) bond motifs is 1. The molecule has 1 heterocycles. The average molecular weight is 395 g/mol. The first-order valence-corrected chi connectivity index (χ1v) is 9.34. The fourth-order valence-electron chi connectivity index (χ4n) is 3.44. The zero-order chi connectivity index (χ0) is 20.1. The SMILES string of the molecule is COc1ccc(CCNc2nc3c(c(C(F)(F)F)n2)CCCCC3)cc1OC. The Morgan fingerprint density at radius 1 is 1.00 bits per heavy atom. The van der Waals surface area contributed by atoms with Crippen LogP contribution in [0.5, 0.6) is 11.5 Å². The largest absolute Gasteiger partial charge is 0.493 e. The monoisotopic (exact) mass is 395 g/mol. The summed E-state index contributed by atoms with van der Waals surface area (Å²) in [5.74, 6) is 1.28. The summed E-state index contributed by atoms with van der Waals surface area (Å²) < 4.78 is 50.9. The zero-order valence-electron chi connectivity index (χ0n) is 16.0. The highest BCUT2D eigenvalue weighted by Crippen LogP contribution is 2.35. The Morgan fingerprint density at radius 2 is 1.75 bits per heavy atom. The van der Waals surface area contributed by atoms with E-state index in [1.807, 2.05) is 12.1 Å². The van der Waals surface area contributed by atoms with E-state index in [4.69, 9.17) is 9.47 Å². The highest BCUT2D eigenvalue weighted by atomic mass is 19.4. The molecule has 0 saturated heterocycles. The van der Waals surface area contributed by atoms with Crippen molar-refractivity contribution >= 4 is 5.95 Å². The summed E-state index contributed by atoms with van der Waals surface area (Å²) in [5.41, 5.74) is 0.952. The van der Waals surface area contributed by atoms with Crippen molar-refractivity contribution < 1.29 is 22.6 Å². The number of alkyl halides is 3.